The van der Waals surface area contributed by atoms with Gasteiger partial charge in [0.15, 0.2) is 5.11 Å². The zero-order chi connectivity index (χ0) is 12.1. The normalized spacial score (nSPS) is 9.38. The first kappa shape index (κ1) is 12.2. The molecule has 4 N–H and O–H groups in total. The van der Waals surface area contributed by atoms with Crippen LogP contribution in [0.15, 0.2) is 18.2 Å². The summed E-state index contributed by atoms with van der Waals surface area (Å²) in [5.74, 6) is -1.29. The number of rotatable bonds is 2. The molecule has 0 heterocycles. The van der Waals surface area contributed by atoms with Gasteiger partial charge in [0, 0.05) is 0 Å². The molecule has 5 nitrogen and oxygen atoms in total. The molecule has 0 radical (unpaired) electrons. The van der Waals surface area contributed by atoms with Crippen molar-refractivity contribution in [3.05, 3.63) is 29.6 Å². The number of amides is 1. The van der Waals surface area contributed by atoms with Gasteiger partial charge in [0.05, 0.1) is 7.11 Å². The number of hydrogen-bond acceptors (Lipinski definition) is 3. The Morgan fingerprint density at radius 1 is 1.50 bits per heavy atom. The molecule has 0 aromatic heterocycles. The number of methoxy groups -OCH3 is 1. The van der Waals surface area contributed by atoms with E-state index in [1.54, 1.807) is 0 Å². The number of benzene rings is 1. The number of hydrogen-bond donors (Lipinski definition) is 3. The topological polar surface area (TPSA) is 76.4 Å². The van der Waals surface area contributed by atoms with Gasteiger partial charge in [-0.25, -0.2) is 4.39 Å². The number of nitrogens with two attached hydrogens (primary N) is 1. The Bertz CT molecular complexity index is 425. The number of carbonyl (C=O) groups is 1. The minimum absolute atomic E-state index is 0.122. The highest BCUT2D eigenvalue weighted by Gasteiger charge is 2.17. The SMILES string of the molecule is COc1cccc(F)c1C(=O)NNC(N)=S. The van der Waals surface area contributed by atoms with Crippen molar-refractivity contribution < 1.29 is 13.9 Å². The molecule has 0 atom stereocenters. The van der Waals surface area contributed by atoms with Gasteiger partial charge in [0.2, 0.25) is 0 Å². The third-order valence-electron chi connectivity index (χ3n) is 1.72. The molecule has 0 aliphatic rings. The van der Waals surface area contributed by atoms with E-state index in [-0.39, 0.29) is 16.4 Å². The van der Waals surface area contributed by atoms with Crippen LogP contribution < -0.4 is 21.3 Å². The summed E-state index contributed by atoms with van der Waals surface area (Å²) < 4.78 is 18.2. The molecule has 0 saturated carbocycles. The van der Waals surface area contributed by atoms with Crippen molar-refractivity contribution in [2.45, 2.75) is 0 Å². The number of hydrazine groups is 1. The summed E-state index contributed by atoms with van der Waals surface area (Å²) >= 11 is 4.48. The smallest absolute Gasteiger partial charge is 0.276 e. The van der Waals surface area contributed by atoms with E-state index in [0.29, 0.717) is 0 Å². The lowest BCUT2D eigenvalue weighted by Crippen LogP contribution is -2.44. The molecule has 1 amide bonds. The first-order valence-corrected chi connectivity index (χ1v) is 4.65. The first-order chi connectivity index (χ1) is 7.56. The molecule has 1 aromatic carbocycles. The molecule has 0 saturated heterocycles. The predicted octanol–water partition coefficient (Wildman–Crippen LogP) is 0.312. The largest absolute Gasteiger partial charge is 0.496 e. The second kappa shape index (κ2) is 5.26. The molecule has 0 fully saturated rings. The van der Waals surface area contributed by atoms with Crippen LogP contribution in [0.1, 0.15) is 10.4 Å². The zero-order valence-corrected chi connectivity index (χ0v) is 9.23. The fraction of sp³-hybridized carbons (Fsp3) is 0.111. The Balaban J connectivity index is 2.93. The maximum atomic E-state index is 13.4. The van der Waals surface area contributed by atoms with Gasteiger partial charge >= 0.3 is 0 Å². The number of nitrogens with one attached hydrogen (secondary N) is 2. The van der Waals surface area contributed by atoms with Crippen LogP contribution in [0.3, 0.4) is 0 Å². The summed E-state index contributed by atoms with van der Waals surface area (Å²) in [6.07, 6.45) is 0. The van der Waals surface area contributed by atoms with Crippen LogP contribution in [0.2, 0.25) is 0 Å². The van der Waals surface area contributed by atoms with E-state index >= 15 is 0 Å². The molecule has 1 aromatic rings. The second-order valence-electron chi connectivity index (χ2n) is 2.76. The minimum Gasteiger partial charge on any atom is -0.496 e. The van der Waals surface area contributed by atoms with Gasteiger partial charge in [-0.1, -0.05) is 6.07 Å². The minimum atomic E-state index is -0.720. The van der Waals surface area contributed by atoms with E-state index in [1.807, 2.05) is 0 Å². The number of halogens is 1. The van der Waals surface area contributed by atoms with E-state index in [1.165, 1.54) is 19.2 Å². The lowest BCUT2D eigenvalue weighted by molar-refractivity contribution is 0.0936. The molecular formula is C9H10FN3O2S. The van der Waals surface area contributed by atoms with Crippen LogP contribution in [0.4, 0.5) is 4.39 Å². The number of ether oxygens (including phenoxy) is 1. The molecule has 86 valence electrons. The van der Waals surface area contributed by atoms with Crippen molar-refractivity contribution in [3.63, 3.8) is 0 Å². The summed E-state index contributed by atoms with van der Waals surface area (Å²) in [4.78, 5) is 11.5. The summed E-state index contributed by atoms with van der Waals surface area (Å²) in [5, 5.41) is -0.122. The van der Waals surface area contributed by atoms with Gasteiger partial charge in [-0.3, -0.25) is 15.6 Å². The summed E-state index contributed by atoms with van der Waals surface area (Å²) in [6.45, 7) is 0. The van der Waals surface area contributed by atoms with Crippen LogP contribution in [0, 0.1) is 5.82 Å². The summed E-state index contributed by atoms with van der Waals surface area (Å²) in [7, 11) is 1.34. The van der Waals surface area contributed by atoms with Crippen molar-refractivity contribution >= 4 is 23.2 Å². The number of carbonyl (C=O) groups excluding carboxylic acids is 1. The third-order valence-corrected chi connectivity index (χ3v) is 1.82. The lowest BCUT2D eigenvalue weighted by atomic mass is 10.2. The molecule has 0 spiro atoms. The van der Waals surface area contributed by atoms with Gasteiger partial charge in [-0.2, -0.15) is 0 Å². The quantitative estimate of drug-likeness (QED) is 0.515. The van der Waals surface area contributed by atoms with Gasteiger partial charge < -0.3 is 10.5 Å². The first-order valence-electron chi connectivity index (χ1n) is 4.24. The van der Waals surface area contributed by atoms with Crippen molar-refractivity contribution in [2.75, 3.05) is 7.11 Å². The van der Waals surface area contributed by atoms with Gasteiger partial charge in [0.1, 0.15) is 17.1 Å². The highest BCUT2D eigenvalue weighted by Crippen LogP contribution is 2.20. The van der Waals surface area contributed by atoms with Crippen molar-refractivity contribution in [2.24, 2.45) is 5.73 Å². The summed E-state index contributed by atoms with van der Waals surface area (Å²) in [6, 6.07) is 4.06. The maximum absolute atomic E-state index is 13.4. The van der Waals surface area contributed by atoms with Crippen LogP contribution >= 0.6 is 12.2 Å². The molecule has 0 aliphatic heterocycles. The Morgan fingerprint density at radius 3 is 2.75 bits per heavy atom. The van der Waals surface area contributed by atoms with Crippen LogP contribution in [-0.4, -0.2) is 18.1 Å². The Kier molecular flexibility index (Phi) is 4.01. The molecule has 7 heteroatoms. The van der Waals surface area contributed by atoms with E-state index in [2.05, 4.69) is 23.1 Å². The van der Waals surface area contributed by atoms with Crippen molar-refractivity contribution in [1.29, 1.82) is 0 Å². The van der Waals surface area contributed by atoms with E-state index < -0.39 is 11.7 Å². The predicted molar refractivity (Wildman–Crippen MR) is 60.3 cm³/mol. The molecular weight excluding hydrogens is 233 g/mol. The highest BCUT2D eigenvalue weighted by atomic mass is 32.1. The monoisotopic (exact) mass is 243 g/mol. The number of thiocarbonyl (C=S) groups is 1. The van der Waals surface area contributed by atoms with Gasteiger partial charge in [-0.05, 0) is 24.4 Å². The van der Waals surface area contributed by atoms with Gasteiger partial charge in [0.25, 0.3) is 5.91 Å². The zero-order valence-electron chi connectivity index (χ0n) is 8.41. The maximum Gasteiger partial charge on any atom is 0.276 e. The van der Waals surface area contributed by atoms with E-state index in [9.17, 15) is 9.18 Å². The standard InChI is InChI=1S/C9H10FN3O2S/c1-15-6-4-2-3-5(10)7(6)8(14)12-13-9(11)16/h2-4H,1H3,(H,12,14)(H3,11,13,16). The highest BCUT2D eigenvalue weighted by molar-refractivity contribution is 7.80. The van der Waals surface area contributed by atoms with Crippen molar-refractivity contribution in [1.82, 2.24) is 10.9 Å². The molecule has 16 heavy (non-hydrogen) atoms. The van der Waals surface area contributed by atoms with E-state index in [0.717, 1.165) is 6.07 Å². The molecule has 0 unspecified atom stereocenters. The fourth-order valence-corrected chi connectivity index (χ4v) is 1.13. The Labute approximate surface area is 96.7 Å². The lowest BCUT2D eigenvalue weighted by Gasteiger charge is -2.10. The molecule has 0 aliphatic carbocycles. The molecule has 0 bridgehead atoms. The van der Waals surface area contributed by atoms with Crippen LogP contribution in [-0.2, 0) is 0 Å². The van der Waals surface area contributed by atoms with Crippen LogP contribution in [0.25, 0.3) is 0 Å². The third kappa shape index (κ3) is 2.80. The summed E-state index contributed by atoms with van der Waals surface area (Å²) in [5.41, 5.74) is 9.24. The fourth-order valence-electron chi connectivity index (χ4n) is 1.08. The second-order valence-corrected chi connectivity index (χ2v) is 3.20. The van der Waals surface area contributed by atoms with Gasteiger partial charge in [-0.15, -0.1) is 0 Å². The van der Waals surface area contributed by atoms with Crippen molar-refractivity contribution in [3.8, 4) is 5.75 Å². The Morgan fingerprint density at radius 2 is 2.19 bits per heavy atom. The Hall–Kier alpha value is -1.89. The van der Waals surface area contributed by atoms with E-state index in [4.69, 9.17) is 10.5 Å². The average molecular weight is 243 g/mol. The average Bonchev–Trinajstić information content (AvgIpc) is 2.25. The van der Waals surface area contributed by atoms with Crippen LogP contribution in [0.5, 0.6) is 5.75 Å². The molecule has 1 rings (SSSR count).